The average Bonchev–Trinajstić information content (AvgIpc) is 4.02. The van der Waals surface area contributed by atoms with E-state index in [0.29, 0.717) is 28.5 Å². The molecule has 0 radical (unpaired) electrons. The molecule has 0 bridgehead atoms. The Hall–Kier alpha value is -7.43. The number of phenols is 1. The number of aliphatic carboxylic acids is 2. The number of carboxylic acids is 2. The number of aromatic hydroxyl groups is 1. The number of H-pyrrole nitrogens is 1. The summed E-state index contributed by atoms with van der Waals surface area (Å²) >= 11 is 7.90. The molecule has 1 aliphatic heterocycles. The first-order valence-electron chi connectivity index (χ1n) is 22.7. The van der Waals surface area contributed by atoms with Crippen LogP contribution < -0.4 is 48.7 Å². The van der Waals surface area contributed by atoms with Gasteiger partial charge in [0.15, 0.2) is 0 Å². The van der Waals surface area contributed by atoms with Crippen LogP contribution in [0.4, 0.5) is 0 Å². The monoisotopic (exact) mass is 1060 g/mol. The molecule has 0 saturated carbocycles. The van der Waals surface area contributed by atoms with Crippen LogP contribution in [0.25, 0.3) is 10.9 Å². The molecule has 0 aliphatic carbocycles. The highest BCUT2D eigenvalue weighted by molar-refractivity contribution is 7.80. The Balaban J connectivity index is 1.55. The Labute approximate surface area is 427 Å². The van der Waals surface area contributed by atoms with Gasteiger partial charge in [0.05, 0.1) is 25.6 Å². The number of amides is 9. The summed E-state index contributed by atoms with van der Waals surface area (Å²) in [6, 6.07) is 0.962. The summed E-state index contributed by atoms with van der Waals surface area (Å²) in [6.45, 7) is -1.95. The number of rotatable bonds is 28. The summed E-state index contributed by atoms with van der Waals surface area (Å²) in [5, 5.41) is 56.2. The molecule has 28 heteroatoms. The number of para-hydroxylation sites is 1. The Morgan fingerprint density at radius 1 is 0.726 bits per heavy atom. The number of carboxylic acid groups (broad SMARTS) is 2. The summed E-state index contributed by atoms with van der Waals surface area (Å²) in [5.74, 6) is -11.9. The zero-order valence-electron chi connectivity index (χ0n) is 39.1. The second-order valence-electron chi connectivity index (χ2n) is 16.9. The molecule has 26 nitrogen and oxygen atoms in total. The van der Waals surface area contributed by atoms with E-state index in [2.05, 4.69) is 67.5 Å². The third kappa shape index (κ3) is 17.4. The lowest BCUT2D eigenvalue weighted by molar-refractivity contribution is -0.143. The van der Waals surface area contributed by atoms with Gasteiger partial charge >= 0.3 is 11.9 Å². The quantitative estimate of drug-likeness (QED) is 0.0306. The highest BCUT2D eigenvalue weighted by atomic mass is 32.1. The number of likely N-dealkylation sites (tertiary alicyclic amines) is 1. The summed E-state index contributed by atoms with van der Waals surface area (Å²) in [6.07, 6.45) is -0.295. The van der Waals surface area contributed by atoms with Crippen LogP contribution in [0.5, 0.6) is 5.75 Å². The number of nitrogens with two attached hydrogens (primary N) is 2. The first kappa shape index (κ1) is 58.1. The number of phenolic OH excluding ortho intramolecular Hbond substituents is 1. The predicted octanol–water partition coefficient (Wildman–Crippen LogP) is -4.32. The number of aliphatic hydroxyl groups excluding tert-OH is 1. The number of thiol groups is 2. The van der Waals surface area contributed by atoms with Crippen molar-refractivity contribution in [3.63, 3.8) is 0 Å². The fourth-order valence-corrected chi connectivity index (χ4v) is 8.02. The number of carbonyl (C=O) groups is 11. The maximum Gasteiger partial charge on any atom is 0.327 e. The molecule has 73 heavy (non-hydrogen) atoms. The fourth-order valence-electron chi connectivity index (χ4n) is 7.61. The van der Waals surface area contributed by atoms with Crippen molar-refractivity contribution in [3.05, 3.63) is 65.9 Å². The van der Waals surface area contributed by atoms with Crippen molar-refractivity contribution < 1.29 is 73.2 Å². The minimum Gasteiger partial charge on any atom is -0.508 e. The number of primary amides is 1. The van der Waals surface area contributed by atoms with Gasteiger partial charge in [-0.05, 0) is 48.6 Å². The third-order valence-electron chi connectivity index (χ3n) is 11.5. The fraction of sp³-hybridized carbons (Fsp3) is 0.444. The zero-order chi connectivity index (χ0) is 53.9. The van der Waals surface area contributed by atoms with Crippen molar-refractivity contribution in [2.75, 3.05) is 31.2 Å². The number of hydrogen-bond donors (Lipinski definition) is 16. The second kappa shape index (κ2) is 28.0. The lowest BCUT2D eigenvalue weighted by atomic mass is 10.0. The number of hydrogen-bond acceptors (Lipinski definition) is 16. The van der Waals surface area contributed by atoms with Crippen molar-refractivity contribution in [3.8, 4) is 5.75 Å². The van der Waals surface area contributed by atoms with E-state index in [1.54, 1.807) is 30.5 Å². The minimum absolute atomic E-state index is 0.00296. The molecule has 9 amide bonds. The summed E-state index contributed by atoms with van der Waals surface area (Å²) in [5.41, 5.74) is 12.5. The highest BCUT2D eigenvalue weighted by Gasteiger charge is 2.40. The topological polar surface area (TPSA) is 424 Å². The van der Waals surface area contributed by atoms with Crippen molar-refractivity contribution >= 4 is 101 Å². The normalized spacial score (nSPS) is 16.0. The molecule has 4 rings (SSSR count). The number of benzene rings is 2. The van der Waals surface area contributed by atoms with Crippen LogP contribution >= 0.6 is 25.3 Å². The van der Waals surface area contributed by atoms with Gasteiger partial charge in [0, 0.05) is 54.4 Å². The first-order valence-corrected chi connectivity index (χ1v) is 24.0. The van der Waals surface area contributed by atoms with Crippen LogP contribution in [0.15, 0.2) is 54.7 Å². The van der Waals surface area contributed by atoms with E-state index in [1.807, 2.05) is 0 Å². The number of aliphatic hydroxyl groups is 1. The van der Waals surface area contributed by atoms with Gasteiger partial charge in [0.1, 0.15) is 48.0 Å². The number of carbonyl (C=O) groups excluding carboxylic acids is 9. The molecule has 1 fully saturated rings. The van der Waals surface area contributed by atoms with Crippen LogP contribution in [0.1, 0.15) is 43.2 Å². The van der Waals surface area contributed by atoms with Crippen LogP contribution in [-0.4, -0.2) is 175 Å². The molecule has 396 valence electrons. The highest BCUT2D eigenvalue weighted by Crippen LogP contribution is 2.24. The number of nitrogens with one attached hydrogen (secondary N) is 8. The average molecular weight is 1060 g/mol. The van der Waals surface area contributed by atoms with Gasteiger partial charge in [-0.25, -0.2) is 4.79 Å². The van der Waals surface area contributed by atoms with Gasteiger partial charge in [-0.3, -0.25) is 47.9 Å². The molecule has 16 N–H and O–H groups in total. The number of aromatic amines is 1. The van der Waals surface area contributed by atoms with E-state index in [9.17, 15) is 73.2 Å². The molecule has 1 saturated heterocycles. The van der Waals surface area contributed by atoms with Gasteiger partial charge < -0.3 is 79.0 Å². The number of aromatic nitrogens is 1. The lowest BCUT2D eigenvalue weighted by Crippen LogP contribution is -2.60. The number of nitrogens with zero attached hydrogens (tertiary/aromatic N) is 1. The minimum atomic E-state index is -1.83. The van der Waals surface area contributed by atoms with E-state index in [1.165, 1.54) is 29.2 Å². The van der Waals surface area contributed by atoms with Crippen molar-refractivity contribution in [2.45, 2.75) is 93.3 Å². The molecule has 0 unspecified atom stereocenters. The van der Waals surface area contributed by atoms with E-state index < -0.39 is 146 Å². The summed E-state index contributed by atoms with van der Waals surface area (Å²) in [7, 11) is 0. The van der Waals surface area contributed by atoms with Crippen LogP contribution in [0.3, 0.4) is 0 Å². The van der Waals surface area contributed by atoms with Gasteiger partial charge in [0.25, 0.3) is 0 Å². The van der Waals surface area contributed by atoms with E-state index in [4.69, 9.17) is 11.5 Å². The summed E-state index contributed by atoms with van der Waals surface area (Å²) < 4.78 is 0. The van der Waals surface area contributed by atoms with Crippen LogP contribution in [0, 0.1) is 0 Å². The van der Waals surface area contributed by atoms with E-state index in [-0.39, 0.29) is 43.1 Å². The number of fused-ring (bicyclic) bond motifs is 1. The van der Waals surface area contributed by atoms with Crippen LogP contribution in [-0.2, 0) is 65.6 Å². The van der Waals surface area contributed by atoms with Gasteiger partial charge in [-0.15, -0.1) is 0 Å². The first-order chi connectivity index (χ1) is 34.6. The predicted molar refractivity (Wildman–Crippen MR) is 264 cm³/mol. The Morgan fingerprint density at radius 3 is 1.99 bits per heavy atom. The van der Waals surface area contributed by atoms with E-state index >= 15 is 0 Å². The molecular weight excluding hydrogens is 999 g/mol. The molecule has 8 atom stereocenters. The Morgan fingerprint density at radius 2 is 1.36 bits per heavy atom. The van der Waals surface area contributed by atoms with Gasteiger partial charge in [0.2, 0.25) is 53.2 Å². The molecule has 2 heterocycles. The SMILES string of the molecule is NC(=O)C[C@H](NC(=O)[C@@H](N)CS)C(=O)NCC(=O)N[C@@H](CCC(=O)O)C(=O)N[C@@H](CO)C(=O)N[C@@H](Cc1c[nH]c2ccccc12)C(=O)N1CCC[C@H]1C(=O)N[C@@H](Cc1ccc(O)cc1)C(=O)N[C@@H](CS)C(=O)O. The molecule has 1 aliphatic rings. The van der Waals surface area contributed by atoms with Crippen LogP contribution in [0.2, 0.25) is 0 Å². The van der Waals surface area contributed by atoms with Crippen molar-refractivity contribution in [2.24, 2.45) is 11.5 Å². The smallest absolute Gasteiger partial charge is 0.327 e. The van der Waals surface area contributed by atoms with Gasteiger partial charge in [-0.1, -0.05) is 30.3 Å². The third-order valence-corrected chi connectivity index (χ3v) is 12.2. The Kier molecular flexibility index (Phi) is 22.3. The largest absolute Gasteiger partial charge is 0.508 e. The summed E-state index contributed by atoms with van der Waals surface area (Å²) in [4.78, 5) is 147. The zero-order valence-corrected chi connectivity index (χ0v) is 40.9. The van der Waals surface area contributed by atoms with E-state index in [0.717, 1.165) is 0 Å². The molecular formula is C45H59N11O15S2. The van der Waals surface area contributed by atoms with Gasteiger partial charge in [-0.2, -0.15) is 25.3 Å². The maximum atomic E-state index is 14.7. The second-order valence-corrected chi connectivity index (χ2v) is 17.6. The molecule has 1 aromatic heterocycles. The lowest BCUT2D eigenvalue weighted by Gasteiger charge is -2.31. The molecule has 3 aromatic rings. The Bertz CT molecular complexity index is 2510. The molecule has 2 aromatic carbocycles. The van der Waals surface area contributed by atoms with Crippen molar-refractivity contribution in [1.29, 1.82) is 0 Å². The van der Waals surface area contributed by atoms with Crippen molar-refractivity contribution in [1.82, 2.24) is 47.1 Å². The standard InChI is InChI=1S/C45H59N11O15S2/c46-26(20-72)38(63)51-30(16-35(47)59)39(64)49-18-36(60)50-28(11-12-37(61)62)40(65)54-32(19-57)42(67)53-31(15-23-17-48-27-5-2-1-4-25(23)27)44(69)56-13-3-6-34(56)43(68)52-29(14-22-7-9-24(58)10-8-22)41(66)55-33(21-73)45(70)71/h1-2,4-5,7-10,17,26,28-34,48,57-58,72-73H,3,6,11-16,18-21,46H2,(H2,47,59)(H,49,64)(H,50,60)(H,51,63)(H,52,68)(H,53,67)(H,54,65)(H,55,66)(H,61,62)(H,70,71)/t26-,28-,29-,30-,31-,32-,33-,34-/m0/s1. The maximum absolute atomic E-state index is 14.7. The molecule has 0 spiro atoms.